The van der Waals surface area contributed by atoms with Crippen molar-refractivity contribution in [2.24, 2.45) is 0 Å². The Morgan fingerprint density at radius 3 is 2.53 bits per heavy atom. The number of hydrogen-bond acceptors (Lipinski definition) is 1. The fourth-order valence-electron chi connectivity index (χ4n) is 1.96. The average Bonchev–Trinajstić information content (AvgIpc) is 2.38. The molecule has 2 aromatic rings. The van der Waals surface area contributed by atoms with Gasteiger partial charge in [0.1, 0.15) is 11.6 Å². The van der Waals surface area contributed by atoms with E-state index in [-0.39, 0.29) is 5.56 Å². The molecule has 0 unspecified atom stereocenters. The fourth-order valence-corrected chi connectivity index (χ4v) is 2.21. The number of aryl methyl sites for hydroxylation is 1. The van der Waals surface area contributed by atoms with Crippen molar-refractivity contribution in [2.45, 2.75) is 13.5 Å². The molecule has 0 aliphatic carbocycles. The zero-order chi connectivity index (χ0) is 14.0. The standard InChI is InChI=1S/C15H14ClF2N/c1-9-3-6-13(17)14(15(9)18)10-4-5-11(8-19-2)12(16)7-10/h3-7,19H,8H2,1-2H3. The highest BCUT2D eigenvalue weighted by atomic mass is 35.5. The molecule has 0 aromatic heterocycles. The van der Waals surface area contributed by atoms with Gasteiger partial charge >= 0.3 is 0 Å². The Hall–Kier alpha value is -1.45. The molecule has 0 spiro atoms. The molecule has 1 N–H and O–H groups in total. The van der Waals surface area contributed by atoms with Gasteiger partial charge in [-0.3, -0.25) is 0 Å². The summed E-state index contributed by atoms with van der Waals surface area (Å²) in [7, 11) is 1.81. The lowest BCUT2D eigenvalue weighted by atomic mass is 10.0. The van der Waals surface area contributed by atoms with Gasteiger partial charge in [-0.2, -0.15) is 0 Å². The molecular formula is C15H14ClF2N. The summed E-state index contributed by atoms with van der Waals surface area (Å²) in [6.07, 6.45) is 0. The second kappa shape index (κ2) is 5.68. The smallest absolute Gasteiger partial charge is 0.136 e. The van der Waals surface area contributed by atoms with E-state index in [1.165, 1.54) is 12.1 Å². The van der Waals surface area contributed by atoms with Gasteiger partial charge in [0.2, 0.25) is 0 Å². The Bertz CT molecular complexity index is 611. The van der Waals surface area contributed by atoms with E-state index >= 15 is 0 Å². The van der Waals surface area contributed by atoms with Crippen LogP contribution in [0.25, 0.3) is 11.1 Å². The summed E-state index contributed by atoms with van der Waals surface area (Å²) in [4.78, 5) is 0. The third-order valence-electron chi connectivity index (χ3n) is 2.99. The van der Waals surface area contributed by atoms with Crippen molar-refractivity contribution < 1.29 is 8.78 Å². The summed E-state index contributed by atoms with van der Waals surface area (Å²) < 4.78 is 27.8. The van der Waals surface area contributed by atoms with Crippen LogP contribution in [0.4, 0.5) is 8.78 Å². The minimum atomic E-state index is -0.583. The summed E-state index contributed by atoms with van der Waals surface area (Å²) in [5.41, 5.74) is 1.72. The predicted octanol–water partition coefficient (Wildman–Crippen LogP) is 4.31. The molecule has 2 rings (SSSR count). The normalized spacial score (nSPS) is 10.8. The number of halogens is 3. The van der Waals surface area contributed by atoms with E-state index in [2.05, 4.69) is 5.32 Å². The summed E-state index contributed by atoms with van der Waals surface area (Å²) >= 11 is 6.12. The first-order chi connectivity index (χ1) is 9.04. The molecule has 100 valence electrons. The van der Waals surface area contributed by atoms with E-state index in [0.29, 0.717) is 22.7 Å². The van der Waals surface area contributed by atoms with Crippen LogP contribution in [0, 0.1) is 18.6 Å². The number of benzene rings is 2. The van der Waals surface area contributed by atoms with Gasteiger partial charge in [-0.25, -0.2) is 8.78 Å². The molecule has 0 heterocycles. The Balaban J connectivity index is 2.54. The van der Waals surface area contributed by atoms with Crippen LogP contribution in [-0.2, 0) is 6.54 Å². The third-order valence-corrected chi connectivity index (χ3v) is 3.35. The van der Waals surface area contributed by atoms with E-state index in [1.54, 1.807) is 25.1 Å². The molecule has 0 bridgehead atoms. The van der Waals surface area contributed by atoms with Crippen molar-refractivity contribution in [3.8, 4) is 11.1 Å². The van der Waals surface area contributed by atoms with Crippen LogP contribution in [0.2, 0.25) is 5.02 Å². The van der Waals surface area contributed by atoms with Crippen molar-refractivity contribution in [3.63, 3.8) is 0 Å². The first kappa shape index (κ1) is 14.0. The molecule has 0 saturated carbocycles. The van der Waals surface area contributed by atoms with Crippen LogP contribution in [0.15, 0.2) is 30.3 Å². The molecule has 1 nitrogen and oxygen atoms in total. The van der Waals surface area contributed by atoms with E-state index < -0.39 is 11.6 Å². The van der Waals surface area contributed by atoms with Gasteiger partial charge in [0.15, 0.2) is 0 Å². The predicted molar refractivity (Wildman–Crippen MR) is 74.3 cm³/mol. The number of hydrogen-bond donors (Lipinski definition) is 1. The molecule has 0 fully saturated rings. The minimum Gasteiger partial charge on any atom is -0.316 e. The lowest BCUT2D eigenvalue weighted by Gasteiger charge is -2.10. The zero-order valence-electron chi connectivity index (χ0n) is 10.7. The van der Waals surface area contributed by atoms with Gasteiger partial charge in [-0.05, 0) is 42.8 Å². The summed E-state index contributed by atoms with van der Waals surface area (Å²) in [6, 6.07) is 7.73. The molecule has 0 atom stereocenters. The summed E-state index contributed by atoms with van der Waals surface area (Å²) in [6.45, 7) is 2.22. The highest BCUT2D eigenvalue weighted by molar-refractivity contribution is 6.31. The monoisotopic (exact) mass is 281 g/mol. The molecule has 0 amide bonds. The Kier molecular flexibility index (Phi) is 4.17. The first-order valence-electron chi connectivity index (χ1n) is 5.92. The first-order valence-corrected chi connectivity index (χ1v) is 6.30. The highest BCUT2D eigenvalue weighted by Crippen LogP contribution is 2.31. The van der Waals surface area contributed by atoms with Gasteiger partial charge in [0.05, 0.1) is 5.56 Å². The molecule has 0 saturated heterocycles. The average molecular weight is 282 g/mol. The minimum absolute atomic E-state index is 0.0297. The van der Waals surface area contributed by atoms with Gasteiger partial charge in [-0.15, -0.1) is 0 Å². The van der Waals surface area contributed by atoms with Gasteiger partial charge in [0.25, 0.3) is 0 Å². The SMILES string of the molecule is CNCc1ccc(-c2c(F)ccc(C)c2F)cc1Cl. The van der Waals surface area contributed by atoms with Crippen molar-refractivity contribution in [1.29, 1.82) is 0 Å². The lowest BCUT2D eigenvalue weighted by molar-refractivity contribution is 0.584. The van der Waals surface area contributed by atoms with Gasteiger partial charge in [0, 0.05) is 11.6 Å². The van der Waals surface area contributed by atoms with Crippen LogP contribution in [0.5, 0.6) is 0 Å². The number of nitrogens with one attached hydrogen (secondary N) is 1. The Morgan fingerprint density at radius 2 is 1.89 bits per heavy atom. The Morgan fingerprint density at radius 1 is 1.16 bits per heavy atom. The van der Waals surface area contributed by atoms with Gasteiger partial charge in [-0.1, -0.05) is 29.8 Å². The summed E-state index contributed by atoms with van der Waals surface area (Å²) in [5.74, 6) is -1.13. The highest BCUT2D eigenvalue weighted by Gasteiger charge is 2.14. The molecule has 0 aliphatic heterocycles. The molecule has 0 radical (unpaired) electrons. The maximum atomic E-state index is 14.0. The van der Waals surface area contributed by atoms with E-state index in [9.17, 15) is 8.78 Å². The molecule has 2 aromatic carbocycles. The second-order valence-electron chi connectivity index (χ2n) is 4.39. The zero-order valence-corrected chi connectivity index (χ0v) is 11.5. The van der Waals surface area contributed by atoms with Crippen LogP contribution in [0.3, 0.4) is 0 Å². The topological polar surface area (TPSA) is 12.0 Å². The van der Waals surface area contributed by atoms with Crippen LogP contribution >= 0.6 is 11.6 Å². The van der Waals surface area contributed by atoms with Crippen LogP contribution < -0.4 is 5.32 Å². The molecular weight excluding hydrogens is 268 g/mol. The quantitative estimate of drug-likeness (QED) is 0.884. The van der Waals surface area contributed by atoms with Crippen LogP contribution in [-0.4, -0.2) is 7.05 Å². The molecule has 19 heavy (non-hydrogen) atoms. The maximum absolute atomic E-state index is 14.0. The van der Waals surface area contributed by atoms with Crippen LogP contribution in [0.1, 0.15) is 11.1 Å². The molecule has 0 aliphatic rings. The number of rotatable bonds is 3. The largest absolute Gasteiger partial charge is 0.316 e. The van der Waals surface area contributed by atoms with Crippen molar-refractivity contribution in [3.05, 3.63) is 58.1 Å². The Labute approximate surface area is 116 Å². The maximum Gasteiger partial charge on any atom is 0.136 e. The molecule has 4 heteroatoms. The van der Waals surface area contributed by atoms with E-state index in [4.69, 9.17) is 11.6 Å². The van der Waals surface area contributed by atoms with Crippen molar-refractivity contribution in [1.82, 2.24) is 5.32 Å². The fraction of sp³-hybridized carbons (Fsp3) is 0.200. The lowest BCUT2D eigenvalue weighted by Crippen LogP contribution is -2.05. The third kappa shape index (κ3) is 2.77. The second-order valence-corrected chi connectivity index (χ2v) is 4.80. The van der Waals surface area contributed by atoms with E-state index in [0.717, 1.165) is 5.56 Å². The summed E-state index contributed by atoms with van der Waals surface area (Å²) in [5, 5.41) is 3.48. The van der Waals surface area contributed by atoms with Gasteiger partial charge < -0.3 is 5.32 Å². The van der Waals surface area contributed by atoms with Crippen molar-refractivity contribution in [2.75, 3.05) is 7.05 Å². The van der Waals surface area contributed by atoms with E-state index in [1.807, 2.05) is 7.05 Å². The van der Waals surface area contributed by atoms with Crippen molar-refractivity contribution >= 4 is 11.6 Å².